The van der Waals surface area contributed by atoms with Gasteiger partial charge >= 0.3 is 0 Å². The van der Waals surface area contributed by atoms with Crippen LogP contribution in [0.5, 0.6) is 0 Å². The Kier molecular flexibility index (Phi) is 4.48. The Labute approximate surface area is 98.8 Å². The molecule has 80 valence electrons. The van der Waals surface area contributed by atoms with Gasteiger partial charge in [-0.2, -0.15) is 0 Å². The number of nitrogens with two attached hydrogens (primary N) is 1. The molecule has 14 heavy (non-hydrogen) atoms. The Morgan fingerprint density at radius 3 is 2.50 bits per heavy atom. The summed E-state index contributed by atoms with van der Waals surface area (Å²) in [6.07, 6.45) is 5.14. The van der Waals surface area contributed by atoms with Crippen molar-refractivity contribution in [2.45, 2.75) is 31.7 Å². The van der Waals surface area contributed by atoms with E-state index in [1.165, 1.54) is 25.7 Å². The second-order valence-electron chi connectivity index (χ2n) is 3.71. The van der Waals surface area contributed by atoms with Crippen LogP contribution >= 0.6 is 28.3 Å². The van der Waals surface area contributed by atoms with Crippen LogP contribution in [-0.2, 0) is 0 Å². The van der Waals surface area contributed by atoms with E-state index in [0.717, 1.165) is 10.4 Å². The molecule has 2 N–H and O–H groups in total. The van der Waals surface area contributed by atoms with E-state index in [2.05, 4.69) is 15.9 Å². The molecular formula is C10H15BrClNO. The minimum Gasteiger partial charge on any atom is -0.453 e. The molecule has 1 aromatic rings. The van der Waals surface area contributed by atoms with E-state index in [0.29, 0.717) is 5.92 Å². The summed E-state index contributed by atoms with van der Waals surface area (Å²) in [5.41, 5.74) is 6.10. The molecule has 2 rings (SSSR count). The second-order valence-corrected chi connectivity index (χ2v) is 4.49. The number of halogens is 2. The maximum atomic E-state index is 6.10. The van der Waals surface area contributed by atoms with Crippen molar-refractivity contribution in [2.75, 3.05) is 0 Å². The van der Waals surface area contributed by atoms with Crippen molar-refractivity contribution in [3.8, 4) is 0 Å². The van der Waals surface area contributed by atoms with E-state index in [4.69, 9.17) is 10.2 Å². The van der Waals surface area contributed by atoms with Crippen molar-refractivity contribution in [1.29, 1.82) is 0 Å². The lowest BCUT2D eigenvalue weighted by atomic mass is 9.97. The molecule has 2 nitrogen and oxygen atoms in total. The quantitative estimate of drug-likeness (QED) is 0.898. The van der Waals surface area contributed by atoms with Gasteiger partial charge in [-0.1, -0.05) is 12.8 Å². The van der Waals surface area contributed by atoms with Crippen LogP contribution in [0.15, 0.2) is 21.2 Å². The molecule has 1 atom stereocenters. The second kappa shape index (κ2) is 5.19. The van der Waals surface area contributed by atoms with Crippen molar-refractivity contribution in [1.82, 2.24) is 0 Å². The van der Waals surface area contributed by atoms with Gasteiger partial charge in [0.25, 0.3) is 0 Å². The van der Waals surface area contributed by atoms with Gasteiger partial charge in [-0.15, -0.1) is 12.4 Å². The molecule has 0 aromatic carbocycles. The molecule has 1 heterocycles. The molecule has 0 amide bonds. The van der Waals surface area contributed by atoms with E-state index in [1.807, 2.05) is 12.1 Å². The molecule has 0 saturated heterocycles. The molecular weight excluding hydrogens is 265 g/mol. The third-order valence-corrected chi connectivity index (χ3v) is 3.26. The van der Waals surface area contributed by atoms with E-state index >= 15 is 0 Å². The molecule has 1 saturated carbocycles. The Morgan fingerprint density at radius 2 is 2.00 bits per heavy atom. The van der Waals surface area contributed by atoms with Crippen LogP contribution in [0.3, 0.4) is 0 Å². The molecule has 0 radical (unpaired) electrons. The van der Waals surface area contributed by atoms with E-state index in [1.54, 1.807) is 0 Å². The molecule has 0 unspecified atom stereocenters. The molecule has 1 aliphatic rings. The molecule has 1 aromatic heterocycles. The third-order valence-electron chi connectivity index (χ3n) is 2.83. The lowest BCUT2D eigenvalue weighted by Crippen LogP contribution is -2.18. The monoisotopic (exact) mass is 279 g/mol. The van der Waals surface area contributed by atoms with Crippen LogP contribution < -0.4 is 5.73 Å². The predicted octanol–water partition coefficient (Wildman–Crippen LogP) is 3.65. The minimum atomic E-state index is 0. The minimum absolute atomic E-state index is 0. The lowest BCUT2D eigenvalue weighted by molar-refractivity contribution is 0.362. The van der Waals surface area contributed by atoms with Gasteiger partial charge in [0, 0.05) is 0 Å². The Bertz CT molecular complexity index is 283. The standard InChI is InChI=1S/C10H14BrNO.ClH/c11-9-6-5-8(13-9)10(12)7-3-1-2-4-7;/h5-7,10H,1-4,12H2;1H/t10-;/m1./s1. The zero-order chi connectivity index (χ0) is 9.26. The largest absolute Gasteiger partial charge is 0.453 e. The van der Waals surface area contributed by atoms with Crippen LogP contribution in [0, 0.1) is 5.92 Å². The summed E-state index contributed by atoms with van der Waals surface area (Å²) in [5.74, 6) is 1.54. The normalized spacial score (nSPS) is 19.3. The van der Waals surface area contributed by atoms with E-state index < -0.39 is 0 Å². The Hall–Kier alpha value is 0.01000. The predicted molar refractivity (Wildman–Crippen MR) is 62.5 cm³/mol. The molecule has 1 fully saturated rings. The Morgan fingerprint density at radius 1 is 1.36 bits per heavy atom. The SMILES string of the molecule is Cl.N[C@@H](c1ccc(Br)o1)C1CCCC1. The summed E-state index contributed by atoms with van der Waals surface area (Å²) in [4.78, 5) is 0. The highest BCUT2D eigenvalue weighted by Crippen LogP contribution is 2.35. The van der Waals surface area contributed by atoms with Crippen molar-refractivity contribution in [3.05, 3.63) is 22.6 Å². The smallest absolute Gasteiger partial charge is 0.169 e. The Balaban J connectivity index is 0.000000980. The molecule has 1 aliphatic carbocycles. The van der Waals surface area contributed by atoms with Gasteiger partial charge in [0.15, 0.2) is 4.67 Å². The number of rotatable bonds is 2. The van der Waals surface area contributed by atoms with Crippen LogP contribution in [0.2, 0.25) is 0 Å². The number of hydrogen-bond donors (Lipinski definition) is 1. The first-order valence-electron chi connectivity index (χ1n) is 4.78. The first-order chi connectivity index (χ1) is 6.27. The molecule has 0 aliphatic heterocycles. The fourth-order valence-corrected chi connectivity index (χ4v) is 2.38. The van der Waals surface area contributed by atoms with Gasteiger partial charge < -0.3 is 10.2 Å². The van der Waals surface area contributed by atoms with Crippen molar-refractivity contribution in [2.24, 2.45) is 11.7 Å². The van der Waals surface area contributed by atoms with Crippen molar-refractivity contribution in [3.63, 3.8) is 0 Å². The number of hydrogen-bond acceptors (Lipinski definition) is 2. The van der Waals surface area contributed by atoms with E-state index in [-0.39, 0.29) is 18.4 Å². The first-order valence-corrected chi connectivity index (χ1v) is 5.57. The number of furan rings is 1. The van der Waals surface area contributed by atoms with Crippen LogP contribution in [0.25, 0.3) is 0 Å². The average Bonchev–Trinajstić information content (AvgIpc) is 2.72. The zero-order valence-electron chi connectivity index (χ0n) is 7.91. The fourth-order valence-electron chi connectivity index (χ4n) is 2.06. The molecule has 0 bridgehead atoms. The summed E-state index contributed by atoms with van der Waals surface area (Å²) in [6, 6.07) is 3.96. The highest BCUT2D eigenvalue weighted by molar-refractivity contribution is 9.10. The van der Waals surface area contributed by atoms with Crippen molar-refractivity contribution < 1.29 is 4.42 Å². The third kappa shape index (κ3) is 2.53. The summed E-state index contributed by atoms with van der Waals surface area (Å²) in [7, 11) is 0. The maximum absolute atomic E-state index is 6.10. The van der Waals surface area contributed by atoms with Gasteiger partial charge in [0.05, 0.1) is 6.04 Å². The topological polar surface area (TPSA) is 39.2 Å². The van der Waals surface area contributed by atoms with E-state index in [9.17, 15) is 0 Å². The zero-order valence-corrected chi connectivity index (χ0v) is 10.3. The highest BCUT2D eigenvalue weighted by atomic mass is 79.9. The lowest BCUT2D eigenvalue weighted by Gasteiger charge is -2.15. The molecule has 4 heteroatoms. The maximum Gasteiger partial charge on any atom is 0.169 e. The average molecular weight is 281 g/mol. The summed E-state index contributed by atoms with van der Waals surface area (Å²) >= 11 is 3.29. The van der Waals surface area contributed by atoms with Crippen LogP contribution in [0.4, 0.5) is 0 Å². The van der Waals surface area contributed by atoms with Crippen LogP contribution in [0.1, 0.15) is 37.5 Å². The molecule has 0 spiro atoms. The fraction of sp³-hybridized carbons (Fsp3) is 0.600. The first kappa shape index (κ1) is 12.1. The van der Waals surface area contributed by atoms with Gasteiger partial charge in [0.2, 0.25) is 0 Å². The van der Waals surface area contributed by atoms with Crippen molar-refractivity contribution >= 4 is 28.3 Å². The van der Waals surface area contributed by atoms with Gasteiger partial charge in [-0.05, 0) is 46.8 Å². The highest BCUT2D eigenvalue weighted by Gasteiger charge is 2.25. The van der Waals surface area contributed by atoms with Gasteiger partial charge in [-0.25, -0.2) is 0 Å². The van der Waals surface area contributed by atoms with Gasteiger partial charge in [0.1, 0.15) is 5.76 Å². The summed E-state index contributed by atoms with van der Waals surface area (Å²) in [6.45, 7) is 0. The summed E-state index contributed by atoms with van der Waals surface area (Å²) < 4.78 is 6.22. The van der Waals surface area contributed by atoms with Crippen LogP contribution in [-0.4, -0.2) is 0 Å². The van der Waals surface area contributed by atoms with Gasteiger partial charge in [-0.3, -0.25) is 0 Å². The summed E-state index contributed by atoms with van der Waals surface area (Å²) in [5, 5.41) is 0.